The molecule has 0 radical (unpaired) electrons. The maximum absolute atomic E-state index is 12.2. The van der Waals surface area contributed by atoms with E-state index in [4.69, 9.17) is 0 Å². The average molecular weight is 326 g/mol. The molecule has 0 aliphatic carbocycles. The number of aromatic hydroxyl groups is 2. The Morgan fingerprint density at radius 3 is 2.57 bits per heavy atom. The molecule has 1 aromatic heterocycles. The molecule has 0 saturated heterocycles. The summed E-state index contributed by atoms with van der Waals surface area (Å²) in [5, 5.41) is 23.9. The Kier molecular flexibility index (Phi) is 3.99. The first-order chi connectivity index (χ1) is 11.0. The van der Waals surface area contributed by atoms with Crippen LogP contribution in [0.25, 0.3) is 11.3 Å². The number of thiazole rings is 1. The maximum Gasteiger partial charge on any atom is 0.261 e. The number of hydrogen-bond donors (Lipinski definition) is 3. The second-order valence-electron chi connectivity index (χ2n) is 5.06. The number of carbonyl (C=O) groups excluding carboxylic acids is 1. The van der Waals surface area contributed by atoms with Gasteiger partial charge in [0.1, 0.15) is 11.5 Å². The number of nitrogens with one attached hydrogen (secondary N) is 1. The highest BCUT2D eigenvalue weighted by Gasteiger charge is 2.14. The van der Waals surface area contributed by atoms with E-state index >= 15 is 0 Å². The molecule has 0 aliphatic rings. The summed E-state index contributed by atoms with van der Waals surface area (Å²) < 4.78 is 0. The lowest BCUT2D eigenvalue weighted by Crippen LogP contribution is -2.11. The van der Waals surface area contributed by atoms with Crippen molar-refractivity contribution in [2.75, 3.05) is 5.32 Å². The van der Waals surface area contributed by atoms with E-state index in [-0.39, 0.29) is 17.1 Å². The Hall–Kier alpha value is -2.86. The first-order valence-corrected chi connectivity index (χ1v) is 7.77. The van der Waals surface area contributed by atoms with Gasteiger partial charge in [-0.05, 0) is 19.1 Å². The first-order valence-electron chi connectivity index (χ1n) is 6.89. The zero-order valence-corrected chi connectivity index (χ0v) is 13.1. The zero-order valence-electron chi connectivity index (χ0n) is 12.3. The molecule has 0 saturated carbocycles. The molecule has 1 heterocycles. The molecule has 5 nitrogen and oxygen atoms in total. The molecule has 2 aromatic carbocycles. The number of phenolic OH excluding ortho intramolecular Hbond substituents is 2. The summed E-state index contributed by atoms with van der Waals surface area (Å²) in [7, 11) is 0. The van der Waals surface area contributed by atoms with E-state index in [1.165, 1.54) is 29.0 Å². The minimum Gasteiger partial charge on any atom is -0.508 e. The van der Waals surface area contributed by atoms with Gasteiger partial charge in [-0.15, -0.1) is 11.3 Å². The topological polar surface area (TPSA) is 82.5 Å². The van der Waals surface area contributed by atoms with Crippen LogP contribution in [0.2, 0.25) is 0 Å². The third kappa shape index (κ3) is 3.32. The van der Waals surface area contributed by atoms with E-state index in [2.05, 4.69) is 10.3 Å². The standard InChI is InChI=1S/C17H14N2O3S/c1-10-2-4-11(5-3-10)14-9-23-17(18-14)19-16(22)13-7-6-12(20)8-15(13)21/h2-9,20-21H,1H3,(H,18,19,22). The fourth-order valence-corrected chi connectivity index (χ4v) is 2.78. The SMILES string of the molecule is Cc1ccc(-c2csc(NC(=O)c3ccc(O)cc3O)n2)cc1. The molecule has 0 atom stereocenters. The lowest BCUT2D eigenvalue weighted by molar-refractivity contribution is 0.102. The van der Waals surface area contributed by atoms with Gasteiger partial charge in [-0.25, -0.2) is 4.98 Å². The minimum atomic E-state index is -0.479. The molecular weight excluding hydrogens is 312 g/mol. The summed E-state index contributed by atoms with van der Waals surface area (Å²) in [6.07, 6.45) is 0. The van der Waals surface area contributed by atoms with E-state index in [0.717, 1.165) is 17.3 Å². The van der Waals surface area contributed by atoms with E-state index in [0.29, 0.717) is 5.13 Å². The van der Waals surface area contributed by atoms with Gasteiger partial charge in [-0.3, -0.25) is 10.1 Å². The highest BCUT2D eigenvalue weighted by atomic mass is 32.1. The maximum atomic E-state index is 12.2. The molecule has 0 aliphatic heterocycles. The molecule has 1 amide bonds. The summed E-state index contributed by atoms with van der Waals surface area (Å²) in [5.41, 5.74) is 3.00. The fraction of sp³-hybridized carbons (Fsp3) is 0.0588. The van der Waals surface area contributed by atoms with Crippen molar-refractivity contribution in [2.24, 2.45) is 0 Å². The summed E-state index contributed by atoms with van der Waals surface area (Å²) in [4.78, 5) is 16.5. The van der Waals surface area contributed by atoms with Gasteiger partial charge in [0.2, 0.25) is 0 Å². The number of anilines is 1. The van der Waals surface area contributed by atoms with E-state index in [9.17, 15) is 15.0 Å². The fourth-order valence-electron chi connectivity index (χ4n) is 2.06. The summed E-state index contributed by atoms with van der Waals surface area (Å²) in [6.45, 7) is 2.01. The number of amides is 1. The molecule has 0 spiro atoms. The Bertz CT molecular complexity index is 857. The van der Waals surface area contributed by atoms with Gasteiger partial charge < -0.3 is 10.2 Å². The third-order valence-electron chi connectivity index (χ3n) is 3.30. The van der Waals surface area contributed by atoms with Crippen LogP contribution >= 0.6 is 11.3 Å². The van der Waals surface area contributed by atoms with Crippen LogP contribution in [-0.4, -0.2) is 21.1 Å². The second-order valence-corrected chi connectivity index (χ2v) is 5.92. The van der Waals surface area contributed by atoms with Crippen LogP contribution in [0.1, 0.15) is 15.9 Å². The Morgan fingerprint density at radius 1 is 1.13 bits per heavy atom. The predicted octanol–water partition coefficient (Wildman–Crippen LogP) is 3.78. The van der Waals surface area contributed by atoms with Crippen molar-refractivity contribution < 1.29 is 15.0 Å². The molecule has 3 aromatic rings. The molecule has 23 heavy (non-hydrogen) atoms. The molecule has 0 fully saturated rings. The normalized spacial score (nSPS) is 10.5. The molecule has 6 heteroatoms. The van der Waals surface area contributed by atoms with Crippen LogP contribution in [0, 0.1) is 6.92 Å². The number of hydrogen-bond acceptors (Lipinski definition) is 5. The smallest absolute Gasteiger partial charge is 0.261 e. The van der Waals surface area contributed by atoms with Crippen molar-refractivity contribution in [2.45, 2.75) is 6.92 Å². The number of nitrogens with zero attached hydrogens (tertiary/aromatic N) is 1. The van der Waals surface area contributed by atoms with Gasteiger partial charge in [0.15, 0.2) is 5.13 Å². The summed E-state index contributed by atoms with van der Waals surface area (Å²) in [6, 6.07) is 11.8. The van der Waals surface area contributed by atoms with Gasteiger partial charge in [0, 0.05) is 17.0 Å². The number of benzene rings is 2. The number of rotatable bonds is 3. The van der Waals surface area contributed by atoms with Crippen molar-refractivity contribution in [3.05, 3.63) is 59.0 Å². The predicted molar refractivity (Wildman–Crippen MR) is 90.0 cm³/mol. The van der Waals surface area contributed by atoms with Gasteiger partial charge >= 0.3 is 0 Å². The zero-order chi connectivity index (χ0) is 16.4. The van der Waals surface area contributed by atoms with Gasteiger partial charge in [0.25, 0.3) is 5.91 Å². The van der Waals surface area contributed by atoms with Crippen molar-refractivity contribution in [3.8, 4) is 22.8 Å². The van der Waals surface area contributed by atoms with E-state index in [1.54, 1.807) is 0 Å². The Balaban J connectivity index is 1.78. The number of phenols is 2. The van der Waals surface area contributed by atoms with Crippen molar-refractivity contribution in [1.29, 1.82) is 0 Å². The Morgan fingerprint density at radius 2 is 1.87 bits per heavy atom. The van der Waals surface area contributed by atoms with Crippen molar-refractivity contribution >= 4 is 22.4 Å². The molecule has 116 valence electrons. The lowest BCUT2D eigenvalue weighted by Gasteiger charge is -2.04. The van der Waals surface area contributed by atoms with Gasteiger partial charge in [-0.2, -0.15) is 0 Å². The second kappa shape index (κ2) is 6.10. The lowest BCUT2D eigenvalue weighted by atomic mass is 10.1. The Labute approximate surface area is 136 Å². The molecule has 0 unspecified atom stereocenters. The summed E-state index contributed by atoms with van der Waals surface area (Å²) >= 11 is 1.31. The van der Waals surface area contributed by atoms with Crippen LogP contribution < -0.4 is 5.32 Å². The van der Waals surface area contributed by atoms with Gasteiger partial charge in [0.05, 0.1) is 11.3 Å². The van der Waals surface area contributed by atoms with E-state index < -0.39 is 5.91 Å². The molecular formula is C17H14N2O3S. The largest absolute Gasteiger partial charge is 0.508 e. The molecule has 3 rings (SSSR count). The number of carbonyl (C=O) groups is 1. The first kappa shape index (κ1) is 15.1. The van der Waals surface area contributed by atoms with Gasteiger partial charge in [-0.1, -0.05) is 29.8 Å². The highest BCUT2D eigenvalue weighted by Crippen LogP contribution is 2.27. The molecule has 3 N–H and O–H groups in total. The van der Waals surface area contributed by atoms with Crippen LogP contribution in [0.3, 0.4) is 0 Å². The van der Waals surface area contributed by atoms with Crippen molar-refractivity contribution in [1.82, 2.24) is 4.98 Å². The van der Waals surface area contributed by atoms with Crippen molar-refractivity contribution in [3.63, 3.8) is 0 Å². The van der Waals surface area contributed by atoms with Crippen LogP contribution in [0.15, 0.2) is 47.8 Å². The van der Waals surface area contributed by atoms with Crippen LogP contribution in [0.5, 0.6) is 11.5 Å². The molecule has 0 bridgehead atoms. The highest BCUT2D eigenvalue weighted by molar-refractivity contribution is 7.14. The number of aromatic nitrogens is 1. The van der Waals surface area contributed by atoms with E-state index in [1.807, 2.05) is 36.6 Å². The quantitative estimate of drug-likeness (QED) is 0.684. The summed E-state index contributed by atoms with van der Waals surface area (Å²) in [5.74, 6) is -0.861. The number of aryl methyl sites for hydroxylation is 1. The monoisotopic (exact) mass is 326 g/mol. The van der Waals surface area contributed by atoms with Crippen LogP contribution in [0.4, 0.5) is 5.13 Å². The minimum absolute atomic E-state index is 0.0786. The average Bonchev–Trinajstić information content (AvgIpc) is 2.96. The third-order valence-corrected chi connectivity index (χ3v) is 4.06. The van der Waals surface area contributed by atoms with Crippen LogP contribution in [-0.2, 0) is 0 Å².